The fourth-order valence-electron chi connectivity index (χ4n) is 1.03. The number of halogens is 1. The number of hydrogen-bond donors (Lipinski definition) is 1. The highest BCUT2D eigenvalue weighted by Crippen LogP contribution is 2.06. The molecule has 0 saturated carbocycles. The van der Waals surface area contributed by atoms with Crippen molar-refractivity contribution in [3.05, 3.63) is 0 Å². The molecule has 1 saturated heterocycles. The van der Waals surface area contributed by atoms with Crippen LogP contribution in [-0.2, 0) is 0 Å². The molecule has 10 heavy (non-hydrogen) atoms. The van der Waals surface area contributed by atoms with E-state index in [4.69, 9.17) is 0 Å². The van der Waals surface area contributed by atoms with E-state index >= 15 is 0 Å². The smallest absolute Gasteiger partial charge is 0.00231 e. The summed E-state index contributed by atoms with van der Waals surface area (Å²) < 4.78 is 0. The maximum atomic E-state index is 3.33. The van der Waals surface area contributed by atoms with Crippen molar-refractivity contribution in [1.82, 2.24) is 5.32 Å². The zero-order valence-corrected chi connectivity index (χ0v) is 8.13. The molecule has 1 N–H and O–H groups in total. The first kappa shape index (κ1) is 12.9. The van der Waals surface area contributed by atoms with Gasteiger partial charge in [0.1, 0.15) is 0 Å². The van der Waals surface area contributed by atoms with Crippen molar-refractivity contribution in [1.29, 1.82) is 0 Å². The van der Waals surface area contributed by atoms with Gasteiger partial charge in [-0.05, 0) is 31.8 Å². The molecule has 0 radical (unpaired) electrons. The molecule has 1 nitrogen and oxygen atoms in total. The highest BCUT2D eigenvalue weighted by atomic mass is 35.5. The van der Waals surface area contributed by atoms with Gasteiger partial charge in [-0.2, -0.15) is 0 Å². The van der Waals surface area contributed by atoms with Crippen LogP contribution >= 0.6 is 12.4 Å². The summed E-state index contributed by atoms with van der Waals surface area (Å²) in [6, 6.07) is 0. The van der Waals surface area contributed by atoms with Crippen molar-refractivity contribution in [3.8, 4) is 0 Å². The molecule has 0 aromatic carbocycles. The van der Waals surface area contributed by atoms with Crippen LogP contribution in [0.1, 0.15) is 33.6 Å². The van der Waals surface area contributed by atoms with Gasteiger partial charge >= 0.3 is 0 Å². The van der Waals surface area contributed by atoms with Crippen molar-refractivity contribution >= 4 is 12.4 Å². The predicted octanol–water partition coefficient (Wildman–Crippen LogP) is 2.45. The molecule has 0 amide bonds. The van der Waals surface area contributed by atoms with Crippen molar-refractivity contribution in [3.63, 3.8) is 0 Å². The SMILES string of the molecule is CC.CC1CCCNC1.Cl. The Labute approximate surface area is 71.0 Å². The molecule has 1 fully saturated rings. The van der Waals surface area contributed by atoms with E-state index in [1.165, 1.54) is 25.9 Å². The monoisotopic (exact) mass is 165 g/mol. The number of piperidine rings is 1. The summed E-state index contributed by atoms with van der Waals surface area (Å²) in [5, 5.41) is 3.33. The Kier molecular flexibility index (Phi) is 11.9. The molecular formula is C8H20ClN. The Morgan fingerprint density at radius 2 is 1.90 bits per heavy atom. The second-order valence-electron chi connectivity index (χ2n) is 2.45. The summed E-state index contributed by atoms with van der Waals surface area (Å²) in [6.45, 7) is 8.77. The zero-order chi connectivity index (χ0) is 7.11. The first-order valence-electron chi connectivity index (χ1n) is 4.10. The molecule has 0 bridgehead atoms. The molecule has 1 aliphatic rings. The molecule has 1 aliphatic heterocycles. The normalized spacial score (nSPS) is 23.7. The van der Waals surface area contributed by atoms with E-state index < -0.39 is 0 Å². The Morgan fingerprint density at radius 3 is 2.10 bits per heavy atom. The van der Waals surface area contributed by atoms with Crippen molar-refractivity contribution in [2.75, 3.05) is 13.1 Å². The molecule has 1 heterocycles. The van der Waals surface area contributed by atoms with E-state index in [0.717, 1.165) is 5.92 Å². The van der Waals surface area contributed by atoms with Gasteiger partial charge in [-0.1, -0.05) is 20.8 Å². The number of hydrogen-bond acceptors (Lipinski definition) is 1. The van der Waals surface area contributed by atoms with E-state index in [-0.39, 0.29) is 12.4 Å². The van der Waals surface area contributed by atoms with Crippen molar-refractivity contribution in [2.24, 2.45) is 5.92 Å². The lowest BCUT2D eigenvalue weighted by Crippen LogP contribution is -2.27. The minimum atomic E-state index is 0. The van der Waals surface area contributed by atoms with Gasteiger partial charge in [0.15, 0.2) is 0 Å². The van der Waals surface area contributed by atoms with E-state index in [1.807, 2.05) is 13.8 Å². The molecule has 0 aromatic heterocycles. The molecule has 0 aromatic rings. The third kappa shape index (κ3) is 6.37. The van der Waals surface area contributed by atoms with Gasteiger partial charge in [0.05, 0.1) is 0 Å². The summed E-state index contributed by atoms with van der Waals surface area (Å²) in [5.41, 5.74) is 0. The van der Waals surface area contributed by atoms with Crippen LogP contribution in [0.25, 0.3) is 0 Å². The molecule has 1 rings (SSSR count). The van der Waals surface area contributed by atoms with Crippen LogP contribution in [0.2, 0.25) is 0 Å². The van der Waals surface area contributed by atoms with E-state index in [1.54, 1.807) is 0 Å². The van der Waals surface area contributed by atoms with Crippen LogP contribution in [0, 0.1) is 5.92 Å². The van der Waals surface area contributed by atoms with Crippen molar-refractivity contribution in [2.45, 2.75) is 33.6 Å². The highest BCUT2D eigenvalue weighted by molar-refractivity contribution is 5.85. The predicted molar refractivity (Wildman–Crippen MR) is 49.9 cm³/mol. The Balaban J connectivity index is 0. The lowest BCUT2D eigenvalue weighted by molar-refractivity contribution is 0.405. The van der Waals surface area contributed by atoms with Gasteiger partial charge in [-0.3, -0.25) is 0 Å². The number of rotatable bonds is 0. The molecule has 1 unspecified atom stereocenters. The third-order valence-corrected chi connectivity index (χ3v) is 1.54. The van der Waals surface area contributed by atoms with Gasteiger partial charge in [0.2, 0.25) is 0 Å². The average Bonchev–Trinajstić information content (AvgIpc) is 1.94. The largest absolute Gasteiger partial charge is 0.316 e. The molecular weight excluding hydrogens is 146 g/mol. The Bertz CT molecular complexity index is 51.2. The molecule has 2 heteroatoms. The minimum Gasteiger partial charge on any atom is -0.316 e. The first-order chi connectivity index (χ1) is 4.39. The quantitative estimate of drug-likeness (QED) is 0.582. The lowest BCUT2D eigenvalue weighted by Gasteiger charge is -2.17. The first-order valence-corrected chi connectivity index (χ1v) is 4.10. The van der Waals surface area contributed by atoms with Gasteiger partial charge in [0.25, 0.3) is 0 Å². The maximum Gasteiger partial charge on any atom is -0.00231 e. The van der Waals surface area contributed by atoms with E-state index in [2.05, 4.69) is 12.2 Å². The summed E-state index contributed by atoms with van der Waals surface area (Å²) in [6.07, 6.45) is 2.80. The topological polar surface area (TPSA) is 12.0 Å². The number of nitrogens with one attached hydrogen (secondary N) is 1. The van der Waals surface area contributed by atoms with Gasteiger partial charge in [0, 0.05) is 0 Å². The highest BCUT2D eigenvalue weighted by Gasteiger charge is 2.04. The average molecular weight is 166 g/mol. The molecule has 0 aliphatic carbocycles. The summed E-state index contributed by atoms with van der Waals surface area (Å²) >= 11 is 0. The Morgan fingerprint density at radius 1 is 1.30 bits per heavy atom. The standard InChI is InChI=1S/C6H13N.C2H6.ClH/c1-6-3-2-4-7-5-6;1-2;/h6-7H,2-5H2,1H3;1-2H3;1H. The second kappa shape index (κ2) is 9.25. The Hall–Kier alpha value is 0.250. The summed E-state index contributed by atoms with van der Waals surface area (Å²) in [4.78, 5) is 0. The van der Waals surface area contributed by atoms with Crippen LogP contribution in [0.4, 0.5) is 0 Å². The van der Waals surface area contributed by atoms with E-state index in [9.17, 15) is 0 Å². The summed E-state index contributed by atoms with van der Waals surface area (Å²) in [5.74, 6) is 0.925. The third-order valence-electron chi connectivity index (χ3n) is 1.54. The van der Waals surface area contributed by atoms with Crippen LogP contribution in [0.3, 0.4) is 0 Å². The van der Waals surface area contributed by atoms with Crippen molar-refractivity contribution < 1.29 is 0 Å². The van der Waals surface area contributed by atoms with Crippen LogP contribution in [0.5, 0.6) is 0 Å². The van der Waals surface area contributed by atoms with Gasteiger partial charge in [-0.15, -0.1) is 12.4 Å². The molecule has 0 spiro atoms. The van der Waals surface area contributed by atoms with Crippen LogP contribution in [-0.4, -0.2) is 13.1 Å². The maximum absolute atomic E-state index is 3.33. The fraction of sp³-hybridized carbons (Fsp3) is 1.00. The minimum absolute atomic E-state index is 0. The van der Waals surface area contributed by atoms with Gasteiger partial charge in [-0.25, -0.2) is 0 Å². The molecule has 64 valence electrons. The lowest BCUT2D eigenvalue weighted by atomic mass is 10.0. The van der Waals surface area contributed by atoms with Crippen LogP contribution < -0.4 is 5.32 Å². The zero-order valence-electron chi connectivity index (χ0n) is 7.31. The fourth-order valence-corrected chi connectivity index (χ4v) is 1.03. The summed E-state index contributed by atoms with van der Waals surface area (Å²) in [7, 11) is 0. The second-order valence-corrected chi connectivity index (χ2v) is 2.45. The van der Waals surface area contributed by atoms with E-state index in [0.29, 0.717) is 0 Å². The van der Waals surface area contributed by atoms with Gasteiger partial charge < -0.3 is 5.32 Å². The van der Waals surface area contributed by atoms with Crippen LogP contribution in [0.15, 0.2) is 0 Å². The molecule has 1 atom stereocenters.